The lowest BCUT2D eigenvalue weighted by atomic mass is 10.1. The van der Waals surface area contributed by atoms with E-state index in [1.165, 1.54) is 16.2 Å². The van der Waals surface area contributed by atoms with E-state index in [1.807, 2.05) is 25.1 Å². The molecule has 0 fully saturated rings. The minimum atomic E-state index is -1.03. The Morgan fingerprint density at radius 3 is 2.71 bits per heavy atom. The number of fused-ring (bicyclic) bond motifs is 1. The average molecular weight is 495 g/mol. The van der Waals surface area contributed by atoms with Crippen molar-refractivity contribution in [3.8, 4) is 11.3 Å². The Hall–Kier alpha value is -3.62. The van der Waals surface area contributed by atoms with Gasteiger partial charge in [-0.25, -0.2) is 9.78 Å². The van der Waals surface area contributed by atoms with Crippen LogP contribution >= 0.6 is 22.9 Å². The van der Waals surface area contributed by atoms with Gasteiger partial charge in [0.25, 0.3) is 5.91 Å². The molecule has 2 aromatic carbocycles. The van der Waals surface area contributed by atoms with Gasteiger partial charge < -0.3 is 14.3 Å². The monoisotopic (exact) mass is 494 g/mol. The summed E-state index contributed by atoms with van der Waals surface area (Å²) in [4.78, 5) is 31.9. The molecule has 7 nitrogen and oxygen atoms in total. The van der Waals surface area contributed by atoms with E-state index in [0.717, 1.165) is 15.8 Å². The highest BCUT2D eigenvalue weighted by Gasteiger charge is 2.48. The lowest BCUT2D eigenvalue weighted by Crippen LogP contribution is -2.30. The van der Waals surface area contributed by atoms with Gasteiger partial charge >= 0.3 is 5.97 Å². The minimum Gasteiger partial charge on any atom is -0.503 e. The molecule has 4 aromatic rings. The van der Waals surface area contributed by atoms with Crippen molar-refractivity contribution in [3.63, 3.8) is 0 Å². The van der Waals surface area contributed by atoms with Gasteiger partial charge in [0.15, 0.2) is 10.9 Å². The van der Waals surface area contributed by atoms with Crippen molar-refractivity contribution < 1.29 is 23.8 Å². The second-order valence-electron chi connectivity index (χ2n) is 7.74. The van der Waals surface area contributed by atoms with Crippen molar-refractivity contribution in [1.82, 2.24) is 4.98 Å². The molecular formula is C25H19ClN2O5S. The molecule has 2 aromatic heterocycles. The SMILES string of the molecule is CCOC(=O)C1=C(O)C(=O)N(c2nc3ccc(C)cc3s2)C1c1ccc(-c2ccc(Cl)cc2)o1. The third-order valence-electron chi connectivity index (χ3n) is 5.47. The maximum atomic E-state index is 13.2. The zero-order chi connectivity index (χ0) is 24.0. The number of aryl methyl sites for hydroxylation is 1. The maximum absolute atomic E-state index is 13.2. The van der Waals surface area contributed by atoms with Crippen LogP contribution < -0.4 is 4.90 Å². The van der Waals surface area contributed by atoms with E-state index >= 15 is 0 Å². The summed E-state index contributed by atoms with van der Waals surface area (Å²) < 4.78 is 12.1. The smallest absolute Gasteiger partial charge is 0.340 e. The van der Waals surface area contributed by atoms with Crippen molar-refractivity contribution in [2.75, 3.05) is 11.5 Å². The molecule has 3 heterocycles. The summed E-state index contributed by atoms with van der Waals surface area (Å²) in [5.41, 5.74) is 2.36. The molecule has 9 heteroatoms. The summed E-state index contributed by atoms with van der Waals surface area (Å²) in [6, 6.07) is 15.2. The molecule has 0 spiro atoms. The number of hydrogen-bond acceptors (Lipinski definition) is 7. The number of furan rings is 1. The summed E-state index contributed by atoms with van der Waals surface area (Å²) in [7, 11) is 0. The molecule has 0 radical (unpaired) electrons. The fraction of sp³-hybridized carbons (Fsp3) is 0.160. The Labute approximate surface area is 203 Å². The van der Waals surface area contributed by atoms with Crippen LogP contribution in [-0.2, 0) is 14.3 Å². The summed E-state index contributed by atoms with van der Waals surface area (Å²) in [6.07, 6.45) is 0. The number of ether oxygens (including phenoxy) is 1. The van der Waals surface area contributed by atoms with Crippen molar-refractivity contribution in [2.24, 2.45) is 0 Å². The number of aromatic nitrogens is 1. The fourth-order valence-electron chi connectivity index (χ4n) is 3.88. The number of halogens is 1. The van der Waals surface area contributed by atoms with Gasteiger partial charge in [0.1, 0.15) is 23.1 Å². The van der Waals surface area contributed by atoms with Crippen molar-refractivity contribution in [3.05, 3.63) is 82.3 Å². The first-order valence-electron chi connectivity index (χ1n) is 10.5. The number of hydrogen-bond donors (Lipinski definition) is 1. The zero-order valence-corrected chi connectivity index (χ0v) is 19.8. The van der Waals surface area contributed by atoms with E-state index in [4.69, 9.17) is 20.8 Å². The van der Waals surface area contributed by atoms with Crippen LogP contribution in [0.1, 0.15) is 24.3 Å². The summed E-state index contributed by atoms with van der Waals surface area (Å²) in [6.45, 7) is 3.71. The number of benzene rings is 2. The highest BCUT2D eigenvalue weighted by Crippen LogP contribution is 2.44. The van der Waals surface area contributed by atoms with Crippen LogP contribution in [-0.4, -0.2) is 28.6 Å². The summed E-state index contributed by atoms with van der Waals surface area (Å²) >= 11 is 7.28. The number of nitrogens with zero attached hydrogens (tertiary/aromatic N) is 2. The van der Waals surface area contributed by atoms with Crippen LogP contribution in [0.2, 0.25) is 5.02 Å². The van der Waals surface area contributed by atoms with Crippen molar-refractivity contribution in [1.29, 1.82) is 0 Å². The number of anilines is 1. The predicted molar refractivity (Wildman–Crippen MR) is 130 cm³/mol. The van der Waals surface area contributed by atoms with Crippen molar-refractivity contribution in [2.45, 2.75) is 19.9 Å². The molecule has 34 heavy (non-hydrogen) atoms. The van der Waals surface area contributed by atoms with Gasteiger partial charge in [-0.3, -0.25) is 9.69 Å². The van der Waals surface area contributed by atoms with E-state index < -0.39 is 23.7 Å². The molecular weight excluding hydrogens is 476 g/mol. The number of carbonyl (C=O) groups is 2. The molecule has 0 saturated carbocycles. The van der Waals surface area contributed by atoms with E-state index in [9.17, 15) is 14.7 Å². The molecule has 0 aliphatic carbocycles. The molecule has 5 rings (SSSR count). The topological polar surface area (TPSA) is 92.9 Å². The van der Waals surface area contributed by atoms with E-state index in [0.29, 0.717) is 27.2 Å². The molecule has 0 bridgehead atoms. The molecule has 1 N–H and O–H groups in total. The summed E-state index contributed by atoms with van der Waals surface area (Å²) in [5.74, 6) is -1.40. The number of amides is 1. The zero-order valence-electron chi connectivity index (χ0n) is 18.2. The third kappa shape index (κ3) is 3.74. The fourth-order valence-corrected chi connectivity index (χ4v) is 5.10. The van der Waals surface area contributed by atoms with Crippen molar-refractivity contribution >= 4 is 50.2 Å². The first kappa shape index (κ1) is 22.2. The molecule has 1 aliphatic heterocycles. The Morgan fingerprint density at radius 2 is 1.97 bits per heavy atom. The number of aliphatic hydroxyl groups is 1. The van der Waals surface area contributed by atoms with Crippen LogP contribution in [0.15, 0.2) is 70.3 Å². The minimum absolute atomic E-state index is 0.0884. The van der Waals surface area contributed by atoms with Gasteiger partial charge in [0, 0.05) is 10.6 Å². The molecule has 1 aliphatic rings. The Balaban J connectivity index is 1.63. The predicted octanol–water partition coefficient (Wildman–Crippen LogP) is 5.98. The lowest BCUT2D eigenvalue weighted by molar-refractivity contribution is -0.139. The van der Waals surface area contributed by atoms with Gasteiger partial charge in [-0.15, -0.1) is 0 Å². The Bertz CT molecular complexity index is 1450. The summed E-state index contributed by atoms with van der Waals surface area (Å²) in [5, 5.41) is 11.6. The highest BCUT2D eigenvalue weighted by atomic mass is 35.5. The largest absolute Gasteiger partial charge is 0.503 e. The second kappa shape index (κ2) is 8.62. The van der Waals surface area contributed by atoms with Gasteiger partial charge in [-0.1, -0.05) is 29.0 Å². The van der Waals surface area contributed by atoms with Gasteiger partial charge in [0.05, 0.1) is 16.8 Å². The Kier molecular flexibility index (Phi) is 5.63. The molecule has 0 saturated heterocycles. The third-order valence-corrected chi connectivity index (χ3v) is 6.74. The lowest BCUT2D eigenvalue weighted by Gasteiger charge is -2.22. The van der Waals surface area contributed by atoms with Crippen LogP contribution in [0.5, 0.6) is 0 Å². The molecule has 1 atom stereocenters. The van der Waals surface area contributed by atoms with E-state index in [1.54, 1.807) is 43.3 Å². The number of esters is 1. The molecule has 172 valence electrons. The molecule has 1 amide bonds. The maximum Gasteiger partial charge on any atom is 0.340 e. The number of carbonyl (C=O) groups excluding carboxylic acids is 2. The second-order valence-corrected chi connectivity index (χ2v) is 9.18. The van der Waals surface area contributed by atoms with Crippen LogP contribution in [0.4, 0.5) is 5.13 Å². The van der Waals surface area contributed by atoms with Gasteiger partial charge in [-0.2, -0.15) is 0 Å². The van der Waals surface area contributed by atoms with Gasteiger partial charge in [0.2, 0.25) is 0 Å². The average Bonchev–Trinajstić information content (AvgIpc) is 3.51. The van der Waals surface area contributed by atoms with Crippen LogP contribution in [0.25, 0.3) is 21.5 Å². The normalized spacial score (nSPS) is 16.0. The highest BCUT2D eigenvalue weighted by molar-refractivity contribution is 7.22. The first-order chi connectivity index (χ1) is 16.4. The first-order valence-corrected chi connectivity index (χ1v) is 11.7. The standard InChI is InChI=1S/C25H19ClN2O5S/c1-3-32-24(31)20-21(18-11-10-17(33-18)14-5-7-15(26)8-6-14)28(23(30)22(20)29)25-27-16-9-4-13(2)12-19(16)34-25/h4-12,21,29H,3H2,1-2H3. The molecule has 1 unspecified atom stereocenters. The quantitative estimate of drug-likeness (QED) is 0.343. The Morgan fingerprint density at radius 1 is 1.21 bits per heavy atom. The number of thiazole rings is 1. The van der Waals surface area contributed by atoms with E-state index in [-0.39, 0.29) is 12.2 Å². The van der Waals surface area contributed by atoms with Gasteiger partial charge in [-0.05, 0) is 67.9 Å². The van der Waals surface area contributed by atoms with E-state index in [2.05, 4.69) is 4.98 Å². The van der Waals surface area contributed by atoms with Crippen LogP contribution in [0, 0.1) is 6.92 Å². The number of aliphatic hydroxyl groups excluding tert-OH is 1. The van der Waals surface area contributed by atoms with Crippen LogP contribution in [0.3, 0.4) is 0 Å². The number of rotatable bonds is 5.